The minimum absolute atomic E-state index is 0.00703. The highest BCUT2D eigenvalue weighted by molar-refractivity contribution is 8.16. The lowest BCUT2D eigenvalue weighted by Crippen LogP contribution is -2.33. The van der Waals surface area contributed by atoms with E-state index in [0.717, 1.165) is 11.8 Å². The molecule has 0 aliphatic carbocycles. The quantitative estimate of drug-likeness (QED) is 0.310. The summed E-state index contributed by atoms with van der Waals surface area (Å²) in [5, 5.41) is 21.2. The highest BCUT2D eigenvalue weighted by Gasteiger charge is 2.40. The van der Waals surface area contributed by atoms with Crippen LogP contribution in [0, 0.1) is 0 Å². The molecule has 9 nitrogen and oxygen atoms in total. The number of phenolic OH excluding ortho intramolecular Hbond substituents is 1. The topological polar surface area (TPSA) is 113 Å². The van der Waals surface area contributed by atoms with Gasteiger partial charge in [0, 0.05) is 23.2 Å². The summed E-state index contributed by atoms with van der Waals surface area (Å²) >= 11 is 7.02. The van der Waals surface area contributed by atoms with Gasteiger partial charge in [0.2, 0.25) is 11.8 Å². The van der Waals surface area contributed by atoms with Crippen molar-refractivity contribution in [3.63, 3.8) is 0 Å². The van der Waals surface area contributed by atoms with Gasteiger partial charge in [-0.1, -0.05) is 29.4 Å². The Balaban J connectivity index is 1.56. The van der Waals surface area contributed by atoms with Gasteiger partial charge < -0.3 is 19.9 Å². The monoisotopic (exact) mass is 538 g/mol. The SMILES string of the molecule is COc1ccc(/C=N\N=C2/S[C@@H](CC(=O)Nc3ccc(Cl)cc3)C(=O)N2c2cccc(O)c2)cc1OC. The number of anilines is 2. The summed E-state index contributed by atoms with van der Waals surface area (Å²) in [4.78, 5) is 27.3. The lowest BCUT2D eigenvalue weighted by atomic mass is 10.2. The van der Waals surface area contributed by atoms with Crippen LogP contribution in [-0.4, -0.2) is 47.8 Å². The molecule has 3 aromatic carbocycles. The van der Waals surface area contributed by atoms with Crippen molar-refractivity contribution < 1.29 is 24.2 Å². The van der Waals surface area contributed by atoms with Crippen molar-refractivity contribution in [1.29, 1.82) is 0 Å². The number of amidine groups is 1. The number of phenols is 1. The first-order valence-corrected chi connectivity index (χ1v) is 12.3. The molecule has 0 aromatic heterocycles. The van der Waals surface area contributed by atoms with Crippen molar-refractivity contribution in [2.45, 2.75) is 11.7 Å². The average molecular weight is 539 g/mol. The summed E-state index contributed by atoms with van der Waals surface area (Å²) in [6.45, 7) is 0. The third-order valence-corrected chi connectivity index (χ3v) is 6.66. The minimum Gasteiger partial charge on any atom is -0.508 e. The zero-order chi connectivity index (χ0) is 26.4. The predicted octanol–water partition coefficient (Wildman–Crippen LogP) is 4.93. The van der Waals surface area contributed by atoms with E-state index < -0.39 is 5.25 Å². The summed E-state index contributed by atoms with van der Waals surface area (Å²) in [5.74, 6) is 0.434. The zero-order valence-corrected chi connectivity index (χ0v) is 21.5. The Morgan fingerprint density at radius 2 is 1.86 bits per heavy atom. The number of amides is 2. The fourth-order valence-electron chi connectivity index (χ4n) is 3.53. The van der Waals surface area contributed by atoms with Crippen molar-refractivity contribution in [3.05, 3.63) is 77.3 Å². The number of nitrogens with one attached hydrogen (secondary N) is 1. The van der Waals surface area contributed by atoms with Gasteiger partial charge in [-0.25, -0.2) is 0 Å². The third kappa shape index (κ3) is 6.41. The first kappa shape index (κ1) is 26.1. The van der Waals surface area contributed by atoms with E-state index in [9.17, 15) is 14.7 Å². The van der Waals surface area contributed by atoms with E-state index in [1.807, 2.05) is 0 Å². The van der Waals surface area contributed by atoms with E-state index >= 15 is 0 Å². The summed E-state index contributed by atoms with van der Waals surface area (Å²) in [5.41, 5.74) is 1.69. The molecule has 2 amide bonds. The second kappa shape index (κ2) is 11.8. The fraction of sp³-hybridized carbons (Fsp3) is 0.154. The van der Waals surface area contributed by atoms with Crippen LogP contribution in [0.3, 0.4) is 0 Å². The first-order chi connectivity index (χ1) is 17.9. The van der Waals surface area contributed by atoms with Gasteiger partial charge in [0.15, 0.2) is 16.7 Å². The Hall–Kier alpha value is -4.02. The maximum atomic E-state index is 13.3. The summed E-state index contributed by atoms with van der Waals surface area (Å²) in [7, 11) is 3.09. The molecule has 1 saturated heterocycles. The molecule has 0 spiro atoms. The molecular formula is C26H23ClN4O5S. The second-order valence-electron chi connectivity index (χ2n) is 7.80. The Morgan fingerprint density at radius 1 is 1.11 bits per heavy atom. The maximum Gasteiger partial charge on any atom is 0.247 e. The number of aromatic hydroxyl groups is 1. The van der Waals surface area contributed by atoms with Crippen molar-refractivity contribution >= 4 is 57.9 Å². The maximum absolute atomic E-state index is 13.3. The highest BCUT2D eigenvalue weighted by Crippen LogP contribution is 2.35. The van der Waals surface area contributed by atoms with Gasteiger partial charge in [-0.2, -0.15) is 5.10 Å². The fourth-order valence-corrected chi connectivity index (χ4v) is 4.74. The summed E-state index contributed by atoms with van der Waals surface area (Å²) < 4.78 is 10.6. The van der Waals surface area contributed by atoms with Gasteiger partial charge in [-0.3, -0.25) is 14.5 Å². The molecule has 1 fully saturated rings. The number of ether oxygens (including phenoxy) is 2. The molecule has 37 heavy (non-hydrogen) atoms. The van der Waals surface area contributed by atoms with Gasteiger partial charge in [0.05, 0.1) is 26.1 Å². The number of carbonyl (C=O) groups excluding carboxylic acids is 2. The van der Waals surface area contributed by atoms with Crippen LogP contribution in [0.5, 0.6) is 17.2 Å². The molecule has 3 aromatic rings. The van der Waals surface area contributed by atoms with Gasteiger partial charge in [-0.05, 0) is 60.2 Å². The van der Waals surface area contributed by atoms with Crippen LogP contribution in [0.4, 0.5) is 11.4 Å². The smallest absolute Gasteiger partial charge is 0.247 e. The molecule has 0 saturated carbocycles. The number of methoxy groups -OCH3 is 2. The lowest BCUT2D eigenvalue weighted by Gasteiger charge is -2.16. The van der Waals surface area contributed by atoms with Crippen molar-refractivity contribution in [1.82, 2.24) is 0 Å². The van der Waals surface area contributed by atoms with Crippen LogP contribution in [0.15, 0.2) is 76.9 Å². The Morgan fingerprint density at radius 3 is 2.57 bits per heavy atom. The molecule has 0 radical (unpaired) electrons. The third-order valence-electron chi connectivity index (χ3n) is 5.28. The van der Waals surface area contributed by atoms with Crippen LogP contribution in [0.2, 0.25) is 5.02 Å². The average Bonchev–Trinajstić information content (AvgIpc) is 3.19. The molecule has 4 rings (SSSR count). The van der Waals surface area contributed by atoms with Crippen LogP contribution in [0.25, 0.3) is 0 Å². The number of carbonyl (C=O) groups is 2. The standard InChI is InChI=1S/C26H23ClN4O5S/c1-35-21-11-6-16(12-22(21)36-2)15-28-30-26-31(19-4-3-5-20(32)13-19)25(34)23(37-26)14-24(33)29-18-9-7-17(27)8-10-18/h3-13,15,23,32H,14H2,1-2H3,(H,29,33)/b28-15-,30-26-/t23-/m0/s1. The molecule has 0 unspecified atom stereocenters. The van der Waals surface area contributed by atoms with E-state index in [1.54, 1.807) is 61.7 Å². The van der Waals surface area contributed by atoms with Gasteiger partial charge >= 0.3 is 0 Å². The zero-order valence-electron chi connectivity index (χ0n) is 19.9. The highest BCUT2D eigenvalue weighted by atomic mass is 35.5. The van der Waals surface area contributed by atoms with E-state index in [4.69, 9.17) is 21.1 Å². The summed E-state index contributed by atoms with van der Waals surface area (Å²) in [6.07, 6.45) is 1.43. The van der Waals surface area contributed by atoms with Crippen LogP contribution in [-0.2, 0) is 9.59 Å². The minimum atomic E-state index is -0.732. The Bertz CT molecular complexity index is 1360. The predicted molar refractivity (Wildman–Crippen MR) is 146 cm³/mol. The number of benzene rings is 3. The van der Waals surface area contributed by atoms with Crippen LogP contribution in [0.1, 0.15) is 12.0 Å². The van der Waals surface area contributed by atoms with E-state index in [2.05, 4.69) is 15.5 Å². The van der Waals surface area contributed by atoms with E-state index in [1.165, 1.54) is 30.4 Å². The number of halogens is 1. The number of thioether (sulfide) groups is 1. The second-order valence-corrected chi connectivity index (χ2v) is 9.41. The lowest BCUT2D eigenvalue weighted by molar-refractivity contribution is -0.121. The molecule has 1 heterocycles. The number of rotatable bonds is 8. The first-order valence-electron chi connectivity index (χ1n) is 11.1. The number of hydrogen-bond acceptors (Lipinski definition) is 8. The molecule has 1 aliphatic heterocycles. The van der Waals surface area contributed by atoms with Crippen LogP contribution < -0.4 is 19.7 Å². The molecule has 1 atom stereocenters. The molecule has 11 heteroatoms. The van der Waals surface area contributed by atoms with Crippen molar-refractivity contribution in [2.75, 3.05) is 24.4 Å². The van der Waals surface area contributed by atoms with Gasteiger partial charge in [-0.15, -0.1) is 5.10 Å². The van der Waals surface area contributed by atoms with Crippen molar-refractivity contribution in [2.24, 2.45) is 10.2 Å². The molecule has 190 valence electrons. The molecule has 2 N–H and O–H groups in total. The van der Waals surface area contributed by atoms with Gasteiger partial charge in [0.1, 0.15) is 11.0 Å². The molecular weight excluding hydrogens is 516 g/mol. The number of hydrogen-bond donors (Lipinski definition) is 2. The molecule has 0 bridgehead atoms. The Kier molecular flexibility index (Phi) is 8.32. The van der Waals surface area contributed by atoms with E-state index in [-0.39, 0.29) is 29.2 Å². The van der Waals surface area contributed by atoms with Gasteiger partial charge in [0.25, 0.3) is 0 Å². The summed E-state index contributed by atoms with van der Waals surface area (Å²) in [6, 6.07) is 18.2. The number of nitrogens with zero attached hydrogens (tertiary/aromatic N) is 3. The molecule has 1 aliphatic rings. The Labute approximate surface area is 222 Å². The van der Waals surface area contributed by atoms with Crippen molar-refractivity contribution in [3.8, 4) is 17.2 Å². The normalized spacial score (nSPS) is 16.4. The largest absolute Gasteiger partial charge is 0.508 e. The van der Waals surface area contributed by atoms with Crippen LogP contribution >= 0.6 is 23.4 Å². The van der Waals surface area contributed by atoms with E-state index in [0.29, 0.717) is 33.5 Å².